The molecule has 0 fully saturated rings. The van der Waals surface area contributed by atoms with E-state index >= 15 is 0 Å². The van der Waals surface area contributed by atoms with Crippen molar-refractivity contribution in [3.63, 3.8) is 0 Å². The van der Waals surface area contributed by atoms with Crippen LogP contribution in [0.4, 0.5) is 0 Å². The van der Waals surface area contributed by atoms with E-state index in [1.807, 2.05) is 6.92 Å². The molecule has 0 aliphatic heterocycles. The number of carbonyl (C=O) groups is 1. The molecule has 0 unspecified atom stereocenters. The van der Waals surface area contributed by atoms with Gasteiger partial charge < -0.3 is 0 Å². The van der Waals surface area contributed by atoms with Gasteiger partial charge in [0, 0.05) is 11.1 Å². The van der Waals surface area contributed by atoms with E-state index in [-0.39, 0.29) is 0 Å². The highest BCUT2D eigenvalue weighted by molar-refractivity contribution is 6.26. The second-order valence-electron chi connectivity index (χ2n) is 1.16. The molecule has 0 N–H and O–H groups in total. The minimum Gasteiger partial charge on any atom is -0.298 e. The highest BCUT2D eigenvalue weighted by Crippen LogP contribution is 1.95. The van der Waals surface area contributed by atoms with E-state index in [0.717, 1.165) is 6.29 Å². The molecule has 0 radical (unpaired) electrons. The lowest BCUT2D eigenvalue weighted by atomic mass is 10.3. The summed E-state index contributed by atoms with van der Waals surface area (Å²) in [5.74, 6) is 0. The summed E-state index contributed by atoms with van der Waals surface area (Å²) in [5.41, 5.74) is 1.94. The van der Waals surface area contributed by atoms with Crippen LogP contribution in [0.15, 0.2) is 11.1 Å². The molecule has 0 aromatic rings. The Labute approximate surface area is 48.0 Å². The van der Waals surface area contributed by atoms with Crippen LogP contribution in [0.25, 0.3) is 0 Å². The van der Waals surface area contributed by atoms with Gasteiger partial charge in [0.25, 0.3) is 0 Å². The minimum atomic E-state index is 0.640. The maximum absolute atomic E-state index is 9.81. The number of carbonyl (C=O) groups excluding carboxylic acids is 1. The summed E-state index contributed by atoms with van der Waals surface area (Å²) in [6, 6.07) is 0. The molecular formula is C5H7ClO. The molecule has 0 amide bonds. The van der Waals surface area contributed by atoms with Crippen LogP contribution >= 0.6 is 11.6 Å². The van der Waals surface area contributed by atoms with Gasteiger partial charge >= 0.3 is 0 Å². The predicted molar refractivity (Wildman–Crippen MR) is 30.3 cm³/mol. The number of hydrogen-bond donors (Lipinski definition) is 0. The molecule has 40 valence electrons. The first kappa shape index (κ1) is 6.70. The second kappa shape index (κ2) is 3.88. The predicted octanol–water partition coefficient (Wildman–Crippen LogP) is 1.72. The third-order valence-corrected chi connectivity index (χ3v) is 0.980. The van der Waals surface area contributed by atoms with Gasteiger partial charge in [-0.05, 0) is 6.42 Å². The van der Waals surface area contributed by atoms with Crippen LogP contribution in [-0.2, 0) is 4.79 Å². The van der Waals surface area contributed by atoms with Crippen molar-refractivity contribution in [2.75, 3.05) is 0 Å². The van der Waals surface area contributed by atoms with Crippen LogP contribution in [0.3, 0.4) is 0 Å². The smallest absolute Gasteiger partial charge is 0.146 e. The first-order chi connectivity index (χ1) is 3.35. The van der Waals surface area contributed by atoms with Gasteiger partial charge in [-0.15, -0.1) is 0 Å². The summed E-state index contributed by atoms with van der Waals surface area (Å²) < 4.78 is 0. The van der Waals surface area contributed by atoms with E-state index in [9.17, 15) is 4.79 Å². The average Bonchev–Trinajstić information content (AvgIpc) is 1.72. The highest BCUT2D eigenvalue weighted by atomic mass is 35.5. The molecule has 0 saturated heterocycles. The number of rotatable bonds is 2. The fourth-order valence-electron chi connectivity index (χ4n) is 0.186. The Morgan fingerprint density at radius 1 is 1.86 bits per heavy atom. The maximum atomic E-state index is 9.81. The largest absolute Gasteiger partial charge is 0.298 e. The monoisotopic (exact) mass is 118 g/mol. The second-order valence-corrected chi connectivity index (χ2v) is 1.37. The third-order valence-electron chi connectivity index (χ3n) is 0.700. The molecule has 0 rings (SSSR count). The Kier molecular flexibility index (Phi) is 3.71. The molecule has 0 atom stereocenters. The van der Waals surface area contributed by atoms with Crippen molar-refractivity contribution in [2.45, 2.75) is 13.3 Å². The molecular weight excluding hydrogens is 112 g/mol. The summed E-state index contributed by atoms with van der Waals surface area (Å²) >= 11 is 5.17. The lowest BCUT2D eigenvalue weighted by Crippen LogP contribution is -1.76. The first-order valence-corrected chi connectivity index (χ1v) is 2.53. The SMILES string of the molecule is CCC(C=O)=CCl. The topological polar surface area (TPSA) is 17.1 Å². The minimum absolute atomic E-state index is 0.640. The molecule has 0 bridgehead atoms. The van der Waals surface area contributed by atoms with Gasteiger partial charge in [0.1, 0.15) is 6.29 Å². The maximum Gasteiger partial charge on any atom is 0.146 e. The zero-order chi connectivity index (χ0) is 5.70. The number of allylic oxidation sites excluding steroid dienone is 1. The summed E-state index contributed by atoms with van der Waals surface area (Å²) in [6.45, 7) is 1.88. The average molecular weight is 119 g/mol. The molecule has 0 saturated carbocycles. The molecule has 0 spiro atoms. The molecule has 0 aliphatic carbocycles. The van der Waals surface area contributed by atoms with Crippen molar-refractivity contribution in [3.8, 4) is 0 Å². The number of halogens is 1. The van der Waals surface area contributed by atoms with E-state index < -0.39 is 0 Å². The van der Waals surface area contributed by atoms with E-state index in [0.29, 0.717) is 12.0 Å². The van der Waals surface area contributed by atoms with Crippen LogP contribution in [0.2, 0.25) is 0 Å². The van der Waals surface area contributed by atoms with Crippen LogP contribution in [0.1, 0.15) is 13.3 Å². The molecule has 1 nitrogen and oxygen atoms in total. The van der Waals surface area contributed by atoms with Crippen LogP contribution in [0.5, 0.6) is 0 Å². The van der Waals surface area contributed by atoms with Gasteiger partial charge in [0.05, 0.1) is 0 Å². The standard InChI is InChI=1S/C5H7ClO/c1-2-5(3-6)4-7/h3-4H,2H2,1H3. The van der Waals surface area contributed by atoms with Gasteiger partial charge in [-0.25, -0.2) is 0 Å². The third kappa shape index (κ3) is 2.40. The Morgan fingerprint density at radius 2 is 2.43 bits per heavy atom. The number of aldehydes is 1. The van der Waals surface area contributed by atoms with Gasteiger partial charge in [-0.3, -0.25) is 4.79 Å². The van der Waals surface area contributed by atoms with Crippen LogP contribution < -0.4 is 0 Å². The molecule has 2 heteroatoms. The van der Waals surface area contributed by atoms with Crippen LogP contribution in [0, 0.1) is 0 Å². The van der Waals surface area contributed by atoms with Crippen molar-refractivity contribution in [3.05, 3.63) is 11.1 Å². The number of hydrogen-bond acceptors (Lipinski definition) is 1. The quantitative estimate of drug-likeness (QED) is 0.399. The van der Waals surface area contributed by atoms with Crippen molar-refractivity contribution in [1.82, 2.24) is 0 Å². The molecule has 0 heterocycles. The molecule has 7 heavy (non-hydrogen) atoms. The van der Waals surface area contributed by atoms with Gasteiger partial charge in [0.15, 0.2) is 0 Å². The first-order valence-electron chi connectivity index (χ1n) is 2.09. The van der Waals surface area contributed by atoms with E-state index in [4.69, 9.17) is 11.6 Å². The Morgan fingerprint density at radius 3 is 2.43 bits per heavy atom. The lowest BCUT2D eigenvalue weighted by Gasteiger charge is -1.82. The zero-order valence-corrected chi connectivity index (χ0v) is 4.90. The van der Waals surface area contributed by atoms with Gasteiger partial charge in [-0.2, -0.15) is 0 Å². The zero-order valence-electron chi connectivity index (χ0n) is 4.15. The van der Waals surface area contributed by atoms with E-state index in [1.165, 1.54) is 5.54 Å². The Balaban J connectivity index is 3.60. The highest BCUT2D eigenvalue weighted by Gasteiger charge is 1.83. The molecule has 0 aromatic heterocycles. The van der Waals surface area contributed by atoms with Crippen molar-refractivity contribution in [2.24, 2.45) is 0 Å². The summed E-state index contributed by atoms with van der Waals surface area (Å²) in [7, 11) is 0. The van der Waals surface area contributed by atoms with E-state index in [1.54, 1.807) is 0 Å². The fourth-order valence-corrected chi connectivity index (χ4v) is 0.392. The van der Waals surface area contributed by atoms with Crippen molar-refractivity contribution < 1.29 is 4.79 Å². The summed E-state index contributed by atoms with van der Waals surface area (Å²) in [6.07, 6.45) is 1.47. The van der Waals surface area contributed by atoms with Gasteiger partial charge in [-0.1, -0.05) is 18.5 Å². The van der Waals surface area contributed by atoms with Gasteiger partial charge in [0.2, 0.25) is 0 Å². The van der Waals surface area contributed by atoms with Crippen molar-refractivity contribution >= 4 is 17.9 Å². The van der Waals surface area contributed by atoms with Crippen molar-refractivity contribution in [1.29, 1.82) is 0 Å². The lowest BCUT2D eigenvalue weighted by molar-refractivity contribution is -0.105. The van der Waals surface area contributed by atoms with Crippen LogP contribution in [-0.4, -0.2) is 6.29 Å². The normalized spacial score (nSPS) is 11.4. The molecule has 0 aromatic carbocycles. The summed E-state index contributed by atoms with van der Waals surface area (Å²) in [5, 5.41) is 0. The fraction of sp³-hybridized carbons (Fsp3) is 0.400. The Bertz CT molecular complexity index is 86.1. The Hall–Kier alpha value is -0.300. The summed E-state index contributed by atoms with van der Waals surface area (Å²) in [4.78, 5) is 9.81. The van der Waals surface area contributed by atoms with E-state index in [2.05, 4.69) is 0 Å². The molecule has 0 aliphatic rings.